The highest BCUT2D eigenvalue weighted by Crippen LogP contribution is 2.39. The van der Waals surface area contributed by atoms with Gasteiger partial charge in [-0.3, -0.25) is 9.36 Å². The first-order chi connectivity index (χ1) is 13.6. The molecule has 1 aliphatic rings. The van der Waals surface area contributed by atoms with Gasteiger partial charge in [-0.2, -0.15) is 5.10 Å². The summed E-state index contributed by atoms with van der Waals surface area (Å²) in [5.41, 5.74) is 1.50. The van der Waals surface area contributed by atoms with Gasteiger partial charge >= 0.3 is 0 Å². The molecule has 0 saturated carbocycles. The highest BCUT2D eigenvalue weighted by Gasteiger charge is 2.30. The van der Waals surface area contributed by atoms with Crippen LogP contribution in [0.2, 0.25) is 0 Å². The highest BCUT2D eigenvalue weighted by molar-refractivity contribution is 5.56. The van der Waals surface area contributed by atoms with Crippen LogP contribution in [0, 0.1) is 0 Å². The number of benzene rings is 1. The van der Waals surface area contributed by atoms with Crippen molar-refractivity contribution in [3.05, 3.63) is 46.4 Å². The van der Waals surface area contributed by atoms with Gasteiger partial charge in [0.2, 0.25) is 5.95 Å². The Morgan fingerprint density at radius 1 is 1.14 bits per heavy atom. The van der Waals surface area contributed by atoms with E-state index in [2.05, 4.69) is 31.4 Å². The van der Waals surface area contributed by atoms with E-state index in [1.165, 1.54) is 6.07 Å². The minimum atomic E-state index is -0.272. The van der Waals surface area contributed by atoms with Gasteiger partial charge in [-0.05, 0) is 30.5 Å². The molecule has 2 aromatic heterocycles. The number of H-pyrrole nitrogens is 1. The Balaban J connectivity index is 1.69. The molecule has 1 saturated heterocycles. The summed E-state index contributed by atoms with van der Waals surface area (Å²) >= 11 is 0. The molecule has 1 unspecified atom stereocenters. The van der Waals surface area contributed by atoms with Gasteiger partial charge < -0.3 is 14.4 Å². The van der Waals surface area contributed by atoms with E-state index in [-0.39, 0.29) is 11.6 Å². The van der Waals surface area contributed by atoms with Crippen molar-refractivity contribution < 1.29 is 9.47 Å². The van der Waals surface area contributed by atoms with Crippen molar-refractivity contribution in [1.82, 2.24) is 25.0 Å². The van der Waals surface area contributed by atoms with E-state index in [4.69, 9.17) is 9.47 Å². The van der Waals surface area contributed by atoms with Crippen molar-refractivity contribution in [3.8, 4) is 22.9 Å². The van der Waals surface area contributed by atoms with Crippen LogP contribution >= 0.6 is 0 Å². The number of aromatic nitrogens is 5. The van der Waals surface area contributed by atoms with Crippen molar-refractivity contribution in [2.45, 2.75) is 18.9 Å². The summed E-state index contributed by atoms with van der Waals surface area (Å²) in [5.74, 6) is 2.78. The van der Waals surface area contributed by atoms with Crippen LogP contribution in [0.15, 0.2) is 35.3 Å². The van der Waals surface area contributed by atoms with Crippen LogP contribution in [-0.4, -0.2) is 45.7 Å². The number of anilines is 1. The zero-order valence-electron chi connectivity index (χ0n) is 16.0. The fourth-order valence-electron chi connectivity index (χ4n) is 3.73. The molecule has 1 atom stereocenters. The maximum Gasteiger partial charge on any atom is 0.264 e. The summed E-state index contributed by atoms with van der Waals surface area (Å²) in [6.07, 6.45) is 3.63. The Morgan fingerprint density at radius 2 is 1.96 bits per heavy atom. The van der Waals surface area contributed by atoms with Gasteiger partial charge in [-0.15, -0.1) is 10.2 Å². The average molecular weight is 382 g/mol. The number of aromatic amines is 1. The molecular formula is C19H22N6O3. The third kappa shape index (κ3) is 3.08. The topological polar surface area (TPSA) is 98.2 Å². The molecule has 0 amide bonds. The maximum atomic E-state index is 11.6. The first-order valence-corrected chi connectivity index (χ1v) is 9.05. The van der Waals surface area contributed by atoms with E-state index in [1.54, 1.807) is 20.4 Å². The number of hydrogen-bond acceptors (Lipinski definition) is 7. The smallest absolute Gasteiger partial charge is 0.264 e. The van der Waals surface area contributed by atoms with Crippen molar-refractivity contribution in [2.24, 2.45) is 7.05 Å². The summed E-state index contributed by atoms with van der Waals surface area (Å²) in [6, 6.07) is 7.63. The molecular weight excluding hydrogens is 360 g/mol. The Morgan fingerprint density at radius 3 is 2.71 bits per heavy atom. The molecule has 1 N–H and O–H groups in total. The SMILES string of the molecule is COc1ccc(C2CCCN2c2nnc(-c3cn[nH]c(=O)c3)n2C)cc1OC. The van der Waals surface area contributed by atoms with Gasteiger partial charge in [0.1, 0.15) is 0 Å². The van der Waals surface area contributed by atoms with E-state index in [1.807, 2.05) is 23.7 Å². The second-order valence-corrected chi connectivity index (χ2v) is 6.68. The van der Waals surface area contributed by atoms with Crippen molar-refractivity contribution >= 4 is 5.95 Å². The lowest BCUT2D eigenvalue weighted by molar-refractivity contribution is 0.354. The van der Waals surface area contributed by atoms with E-state index in [0.717, 1.165) is 30.9 Å². The number of nitrogens with zero attached hydrogens (tertiary/aromatic N) is 5. The monoisotopic (exact) mass is 382 g/mol. The van der Waals surface area contributed by atoms with Crippen LogP contribution in [0.25, 0.3) is 11.4 Å². The largest absolute Gasteiger partial charge is 0.493 e. The molecule has 0 spiro atoms. The van der Waals surface area contributed by atoms with Gasteiger partial charge in [0.15, 0.2) is 17.3 Å². The zero-order chi connectivity index (χ0) is 19.7. The Hall–Kier alpha value is -3.36. The van der Waals surface area contributed by atoms with Gasteiger partial charge in [0.25, 0.3) is 5.56 Å². The van der Waals surface area contributed by atoms with Gasteiger partial charge in [0.05, 0.1) is 26.5 Å². The van der Waals surface area contributed by atoms with Crippen molar-refractivity contribution in [3.63, 3.8) is 0 Å². The Labute approximate surface area is 161 Å². The van der Waals surface area contributed by atoms with E-state index in [9.17, 15) is 4.79 Å². The minimum Gasteiger partial charge on any atom is -0.493 e. The van der Waals surface area contributed by atoms with E-state index >= 15 is 0 Å². The molecule has 9 nitrogen and oxygen atoms in total. The lowest BCUT2D eigenvalue weighted by Crippen LogP contribution is -2.25. The van der Waals surface area contributed by atoms with Gasteiger partial charge in [-0.1, -0.05) is 6.07 Å². The summed E-state index contributed by atoms with van der Waals surface area (Å²) < 4.78 is 12.7. The lowest BCUT2D eigenvalue weighted by atomic mass is 10.0. The first-order valence-electron chi connectivity index (χ1n) is 9.05. The van der Waals surface area contributed by atoms with Crippen LogP contribution in [0.1, 0.15) is 24.4 Å². The molecule has 0 aliphatic carbocycles. The summed E-state index contributed by atoms with van der Waals surface area (Å²) in [6.45, 7) is 0.874. The fourth-order valence-corrected chi connectivity index (χ4v) is 3.73. The van der Waals surface area contributed by atoms with Crippen LogP contribution < -0.4 is 19.9 Å². The second-order valence-electron chi connectivity index (χ2n) is 6.68. The number of ether oxygens (including phenoxy) is 2. The third-order valence-electron chi connectivity index (χ3n) is 5.08. The molecule has 146 valence electrons. The van der Waals surface area contributed by atoms with Gasteiger partial charge in [0, 0.05) is 25.2 Å². The molecule has 1 fully saturated rings. The zero-order valence-corrected chi connectivity index (χ0v) is 16.0. The average Bonchev–Trinajstić information content (AvgIpc) is 3.33. The van der Waals surface area contributed by atoms with Crippen molar-refractivity contribution in [2.75, 3.05) is 25.7 Å². The van der Waals surface area contributed by atoms with Gasteiger partial charge in [-0.25, -0.2) is 5.10 Å². The molecule has 3 heterocycles. The summed E-state index contributed by atoms with van der Waals surface area (Å²) in [7, 11) is 5.17. The van der Waals surface area contributed by atoms with Crippen LogP contribution in [0.5, 0.6) is 11.5 Å². The normalized spacial score (nSPS) is 16.4. The maximum absolute atomic E-state index is 11.6. The number of nitrogens with one attached hydrogen (secondary N) is 1. The third-order valence-corrected chi connectivity index (χ3v) is 5.08. The van der Waals surface area contributed by atoms with E-state index < -0.39 is 0 Å². The second kappa shape index (κ2) is 7.34. The minimum absolute atomic E-state index is 0.160. The lowest BCUT2D eigenvalue weighted by Gasteiger charge is -2.26. The van der Waals surface area contributed by atoms with Crippen LogP contribution in [0.3, 0.4) is 0 Å². The van der Waals surface area contributed by atoms with E-state index in [0.29, 0.717) is 22.9 Å². The highest BCUT2D eigenvalue weighted by atomic mass is 16.5. The van der Waals surface area contributed by atoms with Crippen molar-refractivity contribution in [1.29, 1.82) is 0 Å². The van der Waals surface area contributed by atoms with Crippen LogP contribution in [-0.2, 0) is 7.05 Å². The number of methoxy groups -OCH3 is 2. The number of hydrogen-bond donors (Lipinski definition) is 1. The fraction of sp³-hybridized carbons (Fsp3) is 0.368. The molecule has 0 radical (unpaired) electrons. The standard InChI is InChI=1S/C19H22N6O3/c1-24-18(13-10-17(26)21-20-11-13)22-23-19(24)25-8-4-5-14(25)12-6-7-15(27-2)16(9-12)28-3/h6-7,9-11,14H,4-5,8H2,1-3H3,(H,21,26). The molecule has 4 rings (SSSR count). The molecule has 1 aromatic carbocycles. The predicted molar refractivity (Wildman–Crippen MR) is 104 cm³/mol. The quantitative estimate of drug-likeness (QED) is 0.720. The molecule has 28 heavy (non-hydrogen) atoms. The molecule has 1 aliphatic heterocycles. The predicted octanol–water partition coefficient (Wildman–Crippen LogP) is 1.92. The first kappa shape index (κ1) is 18.0. The number of rotatable bonds is 5. The molecule has 9 heteroatoms. The molecule has 0 bridgehead atoms. The Bertz CT molecular complexity index is 1040. The summed E-state index contributed by atoms with van der Waals surface area (Å²) in [4.78, 5) is 13.8. The summed E-state index contributed by atoms with van der Waals surface area (Å²) in [5, 5.41) is 14.9. The van der Waals surface area contributed by atoms with Crippen LogP contribution in [0.4, 0.5) is 5.95 Å². The molecule has 3 aromatic rings. The Kier molecular flexibility index (Phi) is 4.72.